The minimum absolute atomic E-state index is 0.322. The molecule has 2 aromatic rings. The van der Waals surface area contributed by atoms with E-state index in [0.717, 1.165) is 5.56 Å². The zero-order valence-electron chi connectivity index (χ0n) is 11.5. The van der Waals surface area contributed by atoms with Gasteiger partial charge in [-0.25, -0.2) is 9.18 Å². The number of hydrogen-bond acceptors (Lipinski definition) is 2. The molecule has 0 bridgehead atoms. The summed E-state index contributed by atoms with van der Waals surface area (Å²) >= 11 is 0. The van der Waals surface area contributed by atoms with Crippen molar-refractivity contribution in [3.8, 4) is 0 Å². The number of carboxylic acids is 1. The Bertz CT molecular complexity index is 672. The number of halogens is 1. The molecule has 4 heteroatoms. The predicted octanol–water partition coefficient (Wildman–Crippen LogP) is 2.84. The van der Waals surface area contributed by atoms with E-state index < -0.39 is 11.5 Å². The van der Waals surface area contributed by atoms with Crippen molar-refractivity contribution in [2.75, 3.05) is 0 Å². The van der Waals surface area contributed by atoms with E-state index in [1.54, 1.807) is 12.1 Å². The second-order valence-electron chi connectivity index (χ2n) is 5.32. The first-order valence-corrected chi connectivity index (χ1v) is 6.94. The van der Waals surface area contributed by atoms with Gasteiger partial charge in [0.05, 0.1) is 0 Å². The lowest BCUT2D eigenvalue weighted by Crippen LogP contribution is -2.47. The van der Waals surface area contributed by atoms with Crippen LogP contribution in [0.2, 0.25) is 0 Å². The molecule has 1 unspecified atom stereocenters. The standard InChI is InChI=1S/C17H16FNO2/c18-15-8-4-7-14-13(15)9-10-17(14,16(20)21)19-11-12-5-2-1-3-6-12/h1-8,19H,9-11H2,(H,20,21). The van der Waals surface area contributed by atoms with Gasteiger partial charge in [0.1, 0.15) is 11.4 Å². The lowest BCUT2D eigenvalue weighted by Gasteiger charge is -2.27. The Morgan fingerprint density at radius 3 is 2.67 bits per heavy atom. The van der Waals surface area contributed by atoms with Crippen molar-refractivity contribution < 1.29 is 14.3 Å². The number of fused-ring (bicyclic) bond motifs is 1. The van der Waals surface area contributed by atoms with E-state index in [1.165, 1.54) is 6.07 Å². The summed E-state index contributed by atoms with van der Waals surface area (Å²) in [6, 6.07) is 14.3. The van der Waals surface area contributed by atoms with Gasteiger partial charge in [-0.15, -0.1) is 0 Å². The molecule has 1 aliphatic carbocycles. The van der Waals surface area contributed by atoms with Crippen molar-refractivity contribution in [2.45, 2.75) is 24.9 Å². The molecule has 3 rings (SSSR count). The van der Waals surface area contributed by atoms with Gasteiger partial charge in [0.15, 0.2) is 0 Å². The van der Waals surface area contributed by atoms with Gasteiger partial charge in [0.2, 0.25) is 0 Å². The molecule has 0 radical (unpaired) electrons. The fourth-order valence-electron chi connectivity index (χ4n) is 2.99. The van der Waals surface area contributed by atoms with Crippen molar-refractivity contribution >= 4 is 5.97 Å². The van der Waals surface area contributed by atoms with Crippen molar-refractivity contribution in [2.24, 2.45) is 0 Å². The van der Waals surface area contributed by atoms with Crippen LogP contribution in [0.4, 0.5) is 4.39 Å². The molecule has 3 nitrogen and oxygen atoms in total. The van der Waals surface area contributed by atoms with Crippen LogP contribution < -0.4 is 5.32 Å². The number of rotatable bonds is 4. The molecule has 0 spiro atoms. The summed E-state index contributed by atoms with van der Waals surface area (Å²) in [6.07, 6.45) is 0.807. The lowest BCUT2D eigenvalue weighted by atomic mass is 9.91. The quantitative estimate of drug-likeness (QED) is 0.908. The second-order valence-corrected chi connectivity index (χ2v) is 5.32. The van der Waals surface area contributed by atoms with Crippen LogP contribution in [0.1, 0.15) is 23.1 Å². The van der Waals surface area contributed by atoms with Gasteiger partial charge >= 0.3 is 5.97 Å². The number of carbonyl (C=O) groups is 1. The average Bonchev–Trinajstić information content (AvgIpc) is 2.88. The summed E-state index contributed by atoms with van der Waals surface area (Å²) in [7, 11) is 0. The Kier molecular flexibility index (Phi) is 3.47. The van der Waals surface area contributed by atoms with Gasteiger partial charge in [0, 0.05) is 6.54 Å². The van der Waals surface area contributed by atoms with Crippen LogP contribution in [-0.4, -0.2) is 11.1 Å². The fourth-order valence-corrected chi connectivity index (χ4v) is 2.99. The highest BCUT2D eigenvalue weighted by atomic mass is 19.1. The topological polar surface area (TPSA) is 49.3 Å². The summed E-state index contributed by atoms with van der Waals surface area (Å²) in [5.41, 5.74) is 0.863. The first kappa shape index (κ1) is 13.8. The van der Waals surface area contributed by atoms with E-state index in [9.17, 15) is 14.3 Å². The van der Waals surface area contributed by atoms with E-state index in [4.69, 9.17) is 0 Å². The highest BCUT2D eigenvalue weighted by Gasteiger charge is 2.46. The monoisotopic (exact) mass is 285 g/mol. The molecular formula is C17H16FNO2. The Labute approximate surface area is 122 Å². The van der Waals surface area contributed by atoms with Crippen molar-refractivity contribution in [3.63, 3.8) is 0 Å². The number of carboxylic acid groups (broad SMARTS) is 1. The molecule has 0 fully saturated rings. The average molecular weight is 285 g/mol. The van der Waals surface area contributed by atoms with Crippen LogP contribution >= 0.6 is 0 Å². The first-order valence-electron chi connectivity index (χ1n) is 6.94. The third-order valence-corrected chi connectivity index (χ3v) is 4.13. The van der Waals surface area contributed by atoms with Crippen molar-refractivity contribution in [3.05, 3.63) is 71.0 Å². The van der Waals surface area contributed by atoms with Gasteiger partial charge < -0.3 is 5.11 Å². The van der Waals surface area contributed by atoms with E-state index in [0.29, 0.717) is 30.5 Å². The number of aliphatic carboxylic acids is 1. The number of nitrogens with one attached hydrogen (secondary N) is 1. The molecule has 2 N–H and O–H groups in total. The zero-order valence-corrected chi connectivity index (χ0v) is 11.5. The minimum Gasteiger partial charge on any atom is -0.480 e. The molecule has 0 aliphatic heterocycles. The van der Waals surface area contributed by atoms with Crippen LogP contribution in [0.15, 0.2) is 48.5 Å². The van der Waals surface area contributed by atoms with Crippen LogP contribution in [0.25, 0.3) is 0 Å². The van der Waals surface area contributed by atoms with Crippen LogP contribution in [0.5, 0.6) is 0 Å². The maximum atomic E-state index is 13.8. The molecule has 0 aromatic heterocycles. The molecule has 0 amide bonds. The molecule has 108 valence electrons. The summed E-state index contributed by atoms with van der Waals surface area (Å²) in [4.78, 5) is 11.8. The van der Waals surface area contributed by atoms with Gasteiger partial charge in [-0.3, -0.25) is 5.32 Å². The van der Waals surface area contributed by atoms with Crippen LogP contribution in [0.3, 0.4) is 0 Å². The highest BCUT2D eigenvalue weighted by molar-refractivity contribution is 5.82. The molecule has 0 heterocycles. The second kappa shape index (κ2) is 5.30. The Morgan fingerprint density at radius 2 is 1.95 bits per heavy atom. The maximum absolute atomic E-state index is 13.8. The Morgan fingerprint density at radius 1 is 1.19 bits per heavy atom. The molecule has 1 atom stereocenters. The van der Waals surface area contributed by atoms with E-state index in [2.05, 4.69) is 5.32 Å². The summed E-state index contributed by atoms with van der Waals surface area (Å²) in [6.45, 7) is 0.434. The van der Waals surface area contributed by atoms with Gasteiger partial charge in [0.25, 0.3) is 0 Å². The molecular weight excluding hydrogens is 269 g/mol. The molecule has 21 heavy (non-hydrogen) atoms. The maximum Gasteiger partial charge on any atom is 0.328 e. The minimum atomic E-state index is -1.20. The molecule has 0 saturated carbocycles. The lowest BCUT2D eigenvalue weighted by molar-refractivity contribution is -0.145. The Balaban J connectivity index is 1.93. The highest BCUT2D eigenvalue weighted by Crippen LogP contribution is 2.38. The van der Waals surface area contributed by atoms with Gasteiger partial charge in [-0.05, 0) is 35.6 Å². The fraction of sp³-hybridized carbons (Fsp3) is 0.235. The van der Waals surface area contributed by atoms with Crippen molar-refractivity contribution in [1.29, 1.82) is 0 Å². The summed E-state index contributed by atoms with van der Waals surface area (Å²) in [5, 5.41) is 12.8. The van der Waals surface area contributed by atoms with Crippen LogP contribution in [0, 0.1) is 5.82 Å². The van der Waals surface area contributed by atoms with E-state index in [1.807, 2.05) is 30.3 Å². The van der Waals surface area contributed by atoms with E-state index >= 15 is 0 Å². The predicted molar refractivity (Wildman–Crippen MR) is 77.3 cm³/mol. The first-order chi connectivity index (χ1) is 10.1. The largest absolute Gasteiger partial charge is 0.480 e. The van der Waals surface area contributed by atoms with Crippen LogP contribution in [-0.2, 0) is 23.3 Å². The van der Waals surface area contributed by atoms with Gasteiger partial charge in [-0.1, -0.05) is 42.5 Å². The smallest absolute Gasteiger partial charge is 0.328 e. The molecule has 1 aliphatic rings. The Hall–Kier alpha value is -2.20. The van der Waals surface area contributed by atoms with E-state index in [-0.39, 0.29) is 5.82 Å². The van der Waals surface area contributed by atoms with Gasteiger partial charge in [-0.2, -0.15) is 0 Å². The zero-order chi connectivity index (χ0) is 14.9. The molecule has 0 saturated heterocycles. The molecule has 2 aromatic carbocycles. The number of benzene rings is 2. The number of hydrogen-bond donors (Lipinski definition) is 2. The van der Waals surface area contributed by atoms with Crippen molar-refractivity contribution in [1.82, 2.24) is 5.32 Å². The summed E-state index contributed by atoms with van der Waals surface area (Å²) in [5.74, 6) is -1.28. The normalized spacial score (nSPS) is 20.2. The SMILES string of the molecule is O=C(O)C1(NCc2ccccc2)CCc2c(F)cccc21. The summed E-state index contributed by atoms with van der Waals surface area (Å²) < 4.78 is 13.8. The third-order valence-electron chi connectivity index (χ3n) is 4.13. The third kappa shape index (κ3) is 2.32.